The Bertz CT molecular complexity index is 219. The molecule has 16 heavy (non-hydrogen) atoms. The number of halogens is 1. The Balaban J connectivity index is 3.51. The van der Waals surface area contributed by atoms with Gasteiger partial charge in [0, 0.05) is 5.41 Å². The van der Waals surface area contributed by atoms with Crippen LogP contribution in [0.4, 0.5) is 0 Å². The van der Waals surface area contributed by atoms with Gasteiger partial charge in [-0.2, -0.15) is 0 Å². The molecule has 0 spiro atoms. The maximum Gasteiger partial charge on any atom is 0.227 e. The molecule has 0 unspecified atom stereocenters. The van der Waals surface area contributed by atoms with Crippen molar-refractivity contribution in [2.75, 3.05) is 0 Å². The zero-order chi connectivity index (χ0) is 12.4. The van der Waals surface area contributed by atoms with E-state index in [1.807, 2.05) is 13.8 Å². The molecule has 94 valence electrons. The number of allylic oxidation sites excluding steroid dienone is 2. The minimum absolute atomic E-state index is 0.250. The maximum absolute atomic E-state index is 11.0. The molecule has 2 heteroatoms. The average Bonchev–Trinajstić information content (AvgIpc) is 2.21. The zero-order valence-corrected chi connectivity index (χ0v) is 11.6. The Hall–Kier alpha value is -0.300. The molecule has 0 N–H and O–H groups in total. The van der Waals surface area contributed by atoms with Crippen molar-refractivity contribution in [3.63, 3.8) is 0 Å². The number of carbonyl (C=O) groups is 1. The van der Waals surface area contributed by atoms with Crippen LogP contribution in [0.15, 0.2) is 12.2 Å². The van der Waals surface area contributed by atoms with Gasteiger partial charge in [0.15, 0.2) is 0 Å². The summed E-state index contributed by atoms with van der Waals surface area (Å²) in [5, 5.41) is -0.250. The van der Waals surface area contributed by atoms with Gasteiger partial charge in [0.05, 0.1) is 0 Å². The van der Waals surface area contributed by atoms with Crippen LogP contribution in [0.2, 0.25) is 0 Å². The van der Waals surface area contributed by atoms with Crippen molar-refractivity contribution in [1.82, 2.24) is 0 Å². The zero-order valence-electron chi connectivity index (χ0n) is 10.9. The van der Waals surface area contributed by atoms with Crippen LogP contribution in [0.5, 0.6) is 0 Å². The van der Waals surface area contributed by atoms with Crippen LogP contribution in [0, 0.1) is 5.41 Å². The summed E-state index contributed by atoms with van der Waals surface area (Å²) in [6.45, 7) is 5.99. The van der Waals surface area contributed by atoms with Crippen molar-refractivity contribution >= 4 is 16.8 Å². The smallest absolute Gasteiger partial charge is 0.227 e. The minimum Gasteiger partial charge on any atom is -0.281 e. The summed E-state index contributed by atoms with van der Waals surface area (Å²) in [5.41, 5.74) is -0.416. The molecule has 0 radical (unpaired) electrons. The highest BCUT2D eigenvalue weighted by Crippen LogP contribution is 2.24. The molecule has 0 aromatic rings. The molecule has 0 saturated carbocycles. The first-order valence-electron chi connectivity index (χ1n) is 6.35. The van der Waals surface area contributed by atoms with Crippen LogP contribution in [0.3, 0.4) is 0 Å². The number of unbranched alkanes of at least 4 members (excludes halogenated alkanes) is 5. The fourth-order valence-corrected chi connectivity index (χ4v) is 1.52. The van der Waals surface area contributed by atoms with E-state index >= 15 is 0 Å². The summed E-state index contributed by atoms with van der Waals surface area (Å²) in [6, 6.07) is 0. The molecular formula is C14H25ClO. The highest BCUT2D eigenvalue weighted by molar-refractivity contribution is 6.64. The topological polar surface area (TPSA) is 17.1 Å². The summed E-state index contributed by atoms with van der Waals surface area (Å²) < 4.78 is 0. The van der Waals surface area contributed by atoms with E-state index in [0.717, 1.165) is 12.8 Å². The first-order chi connectivity index (χ1) is 7.50. The molecule has 0 aliphatic carbocycles. The second kappa shape index (κ2) is 8.81. The molecule has 1 nitrogen and oxygen atoms in total. The van der Waals surface area contributed by atoms with Crippen LogP contribution >= 0.6 is 11.6 Å². The molecule has 0 aliphatic heterocycles. The van der Waals surface area contributed by atoms with Gasteiger partial charge >= 0.3 is 0 Å². The lowest BCUT2D eigenvalue weighted by Gasteiger charge is -2.16. The van der Waals surface area contributed by atoms with Crippen LogP contribution in [0.25, 0.3) is 0 Å². The molecule has 0 amide bonds. The number of hydrogen-bond donors (Lipinski definition) is 0. The van der Waals surface area contributed by atoms with Gasteiger partial charge in [-0.15, -0.1) is 0 Å². The number of rotatable bonds is 9. The predicted octanol–water partition coefficient (Wildman–Crippen LogP) is 5.08. The van der Waals surface area contributed by atoms with Crippen molar-refractivity contribution in [2.45, 2.75) is 65.7 Å². The summed E-state index contributed by atoms with van der Waals surface area (Å²) in [4.78, 5) is 11.0. The Morgan fingerprint density at radius 3 is 2.31 bits per heavy atom. The fraction of sp³-hybridized carbons (Fsp3) is 0.786. The van der Waals surface area contributed by atoms with Gasteiger partial charge in [-0.3, -0.25) is 4.79 Å². The van der Waals surface area contributed by atoms with Crippen molar-refractivity contribution in [3.8, 4) is 0 Å². The van der Waals surface area contributed by atoms with Crippen LogP contribution in [-0.4, -0.2) is 5.24 Å². The fourth-order valence-electron chi connectivity index (χ4n) is 1.44. The van der Waals surface area contributed by atoms with Gasteiger partial charge in [0.1, 0.15) is 0 Å². The van der Waals surface area contributed by atoms with Gasteiger partial charge in [-0.1, -0.05) is 58.6 Å². The minimum atomic E-state index is -0.416. The largest absolute Gasteiger partial charge is 0.281 e. The molecule has 0 heterocycles. The van der Waals surface area contributed by atoms with E-state index in [0.29, 0.717) is 0 Å². The Morgan fingerprint density at radius 2 is 1.75 bits per heavy atom. The van der Waals surface area contributed by atoms with E-state index < -0.39 is 5.41 Å². The van der Waals surface area contributed by atoms with Crippen molar-refractivity contribution in [1.29, 1.82) is 0 Å². The molecule has 0 saturated heterocycles. The molecule has 0 aromatic carbocycles. The van der Waals surface area contributed by atoms with Gasteiger partial charge in [-0.05, 0) is 30.9 Å². The van der Waals surface area contributed by atoms with E-state index in [1.54, 1.807) is 0 Å². The van der Waals surface area contributed by atoms with E-state index in [2.05, 4.69) is 19.1 Å². The monoisotopic (exact) mass is 244 g/mol. The van der Waals surface area contributed by atoms with E-state index in [-0.39, 0.29) is 5.24 Å². The predicted molar refractivity (Wildman–Crippen MR) is 71.8 cm³/mol. The second-order valence-electron chi connectivity index (χ2n) is 5.04. The quantitative estimate of drug-likeness (QED) is 0.314. The Kier molecular flexibility index (Phi) is 8.64. The highest BCUT2D eigenvalue weighted by atomic mass is 35.5. The van der Waals surface area contributed by atoms with E-state index in [9.17, 15) is 4.79 Å². The molecule has 0 aliphatic rings. The third-order valence-electron chi connectivity index (χ3n) is 2.80. The summed E-state index contributed by atoms with van der Waals surface area (Å²) in [6.07, 6.45) is 12.7. The standard InChI is InChI=1S/C14H25ClO/c1-4-5-6-7-8-9-10-11-12-14(2,3)13(15)16/h10-11H,4-9,12H2,1-3H3/b11-10+. The van der Waals surface area contributed by atoms with Crippen molar-refractivity contribution < 1.29 is 4.79 Å². The van der Waals surface area contributed by atoms with Gasteiger partial charge < -0.3 is 0 Å². The second-order valence-corrected chi connectivity index (χ2v) is 5.38. The van der Waals surface area contributed by atoms with E-state index in [1.165, 1.54) is 32.1 Å². The lowest BCUT2D eigenvalue weighted by molar-refractivity contribution is -0.118. The van der Waals surface area contributed by atoms with Crippen LogP contribution in [-0.2, 0) is 4.79 Å². The first kappa shape index (κ1) is 15.7. The molecule has 0 aromatic heterocycles. The van der Waals surface area contributed by atoms with Crippen molar-refractivity contribution in [3.05, 3.63) is 12.2 Å². The third-order valence-corrected chi connectivity index (χ3v) is 3.31. The first-order valence-corrected chi connectivity index (χ1v) is 6.73. The van der Waals surface area contributed by atoms with Crippen LogP contribution < -0.4 is 0 Å². The third kappa shape index (κ3) is 7.92. The van der Waals surface area contributed by atoms with Gasteiger partial charge in [0.25, 0.3) is 0 Å². The molecule has 0 bridgehead atoms. The van der Waals surface area contributed by atoms with Crippen LogP contribution in [0.1, 0.15) is 65.7 Å². The lowest BCUT2D eigenvalue weighted by atomic mass is 9.91. The molecule has 0 atom stereocenters. The Morgan fingerprint density at radius 1 is 1.12 bits per heavy atom. The maximum atomic E-state index is 11.0. The number of hydrogen-bond acceptors (Lipinski definition) is 1. The lowest BCUT2D eigenvalue weighted by Crippen LogP contribution is -2.17. The van der Waals surface area contributed by atoms with Crippen molar-refractivity contribution in [2.24, 2.45) is 5.41 Å². The SMILES string of the molecule is CCCCCCC/C=C/CC(C)(C)C(=O)Cl. The number of carbonyl (C=O) groups excluding carboxylic acids is 1. The summed E-state index contributed by atoms with van der Waals surface area (Å²) in [5.74, 6) is 0. The normalized spacial score (nSPS) is 12.2. The molecule has 0 rings (SSSR count). The highest BCUT2D eigenvalue weighted by Gasteiger charge is 2.23. The summed E-state index contributed by atoms with van der Waals surface area (Å²) in [7, 11) is 0. The van der Waals surface area contributed by atoms with E-state index in [4.69, 9.17) is 11.6 Å². The van der Waals surface area contributed by atoms with Gasteiger partial charge in [-0.25, -0.2) is 0 Å². The Labute approximate surface area is 105 Å². The van der Waals surface area contributed by atoms with Gasteiger partial charge in [0.2, 0.25) is 5.24 Å². The summed E-state index contributed by atoms with van der Waals surface area (Å²) >= 11 is 5.49. The average molecular weight is 245 g/mol. The molecular weight excluding hydrogens is 220 g/mol. The molecule has 0 fully saturated rings.